The number of hydrogen-bond donors (Lipinski definition) is 1. The first-order valence-corrected chi connectivity index (χ1v) is 11.6. The Labute approximate surface area is 200 Å². The third kappa shape index (κ3) is 4.40. The quantitative estimate of drug-likeness (QED) is 0.327. The van der Waals surface area contributed by atoms with Crippen LogP contribution in [0, 0.1) is 6.92 Å². The van der Waals surface area contributed by atoms with E-state index in [9.17, 15) is 0 Å². The molecule has 166 valence electrons. The molecule has 5 aromatic rings. The summed E-state index contributed by atoms with van der Waals surface area (Å²) in [5, 5.41) is 12.0. The molecule has 7 nitrogen and oxygen atoms in total. The van der Waals surface area contributed by atoms with Gasteiger partial charge in [0.1, 0.15) is 17.9 Å². The van der Waals surface area contributed by atoms with Crippen molar-refractivity contribution in [2.24, 2.45) is 7.05 Å². The minimum atomic E-state index is 0.298. The van der Waals surface area contributed by atoms with Gasteiger partial charge in [0.2, 0.25) is 0 Å². The Kier molecular flexibility index (Phi) is 5.93. The molecule has 0 aliphatic heterocycles. The normalized spacial score (nSPS) is 11.1. The van der Waals surface area contributed by atoms with E-state index in [-0.39, 0.29) is 0 Å². The monoisotopic (exact) mass is 476 g/mol. The van der Waals surface area contributed by atoms with Gasteiger partial charge in [0.25, 0.3) is 0 Å². The maximum Gasteiger partial charge on any atom is 0.182 e. The fraction of sp³-hybridized carbons (Fsp3) is 0.167. The van der Waals surface area contributed by atoms with Gasteiger partial charge < -0.3 is 10.1 Å². The summed E-state index contributed by atoms with van der Waals surface area (Å²) in [6.07, 6.45) is 7.00. The zero-order chi connectivity index (χ0) is 22.8. The van der Waals surface area contributed by atoms with Crippen LogP contribution in [0.5, 0.6) is 5.75 Å². The first-order chi connectivity index (χ1) is 16.1. The van der Waals surface area contributed by atoms with E-state index in [1.807, 2.05) is 42.2 Å². The summed E-state index contributed by atoms with van der Waals surface area (Å²) in [7, 11) is 1.93. The summed E-state index contributed by atoms with van der Waals surface area (Å²) in [6.45, 7) is 2.83. The number of thiazole rings is 1. The van der Waals surface area contributed by atoms with Gasteiger partial charge in [-0.1, -0.05) is 23.7 Å². The molecule has 9 heteroatoms. The molecule has 0 atom stereocenters. The van der Waals surface area contributed by atoms with Crippen LogP contribution in [-0.2, 0) is 20.2 Å². The summed E-state index contributed by atoms with van der Waals surface area (Å²) in [4.78, 5) is 13.3. The first kappa shape index (κ1) is 21.4. The average Bonchev–Trinajstić information content (AvgIpc) is 3.48. The predicted molar refractivity (Wildman–Crippen MR) is 132 cm³/mol. The van der Waals surface area contributed by atoms with E-state index < -0.39 is 0 Å². The number of fused-ring (bicyclic) bond motifs is 1. The Morgan fingerprint density at radius 2 is 2.09 bits per heavy atom. The molecule has 1 aromatic carbocycles. The molecule has 0 aliphatic carbocycles. The highest BCUT2D eigenvalue weighted by Crippen LogP contribution is 2.33. The van der Waals surface area contributed by atoms with Crippen molar-refractivity contribution in [2.75, 3.05) is 5.32 Å². The Morgan fingerprint density at radius 1 is 1.18 bits per heavy atom. The second kappa shape index (κ2) is 9.17. The summed E-state index contributed by atoms with van der Waals surface area (Å²) in [6, 6.07) is 10.0. The molecular weight excluding hydrogens is 456 g/mol. The van der Waals surface area contributed by atoms with Crippen LogP contribution < -0.4 is 10.1 Å². The van der Waals surface area contributed by atoms with Gasteiger partial charge in [0.15, 0.2) is 5.13 Å². The molecule has 0 fully saturated rings. The molecule has 0 aliphatic rings. The number of hydrogen-bond acceptors (Lipinski definition) is 7. The second-order valence-electron chi connectivity index (χ2n) is 7.54. The molecule has 5 rings (SSSR count). The van der Waals surface area contributed by atoms with Gasteiger partial charge in [-0.15, -0.1) is 11.3 Å². The van der Waals surface area contributed by atoms with Crippen molar-refractivity contribution in [3.63, 3.8) is 0 Å². The van der Waals surface area contributed by atoms with Gasteiger partial charge in [0, 0.05) is 66.0 Å². The maximum absolute atomic E-state index is 6.50. The Bertz CT molecular complexity index is 1420. The van der Waals surface area contributed by atoms with Crippen LogP contribution in [0.15, 0.2) is 60.5 Å². The maximum atomic E-state index is 6.50. The zero-order valence-electron chi connectivity index (χ0n) is 18.1. The van der Waals surface area contributed by atoms with Crippen LogP contribution in [0.3, 0.4) is 0 Å². The van der Waals surface area contributed by atoms with Gasteiger partial charge in [-0.2, -0.15) is 5.10 Å². The zero-order valence-corrected chi connectivity index (χ0v) is 19.7. The van der Waals surface area contributed by atoms with E-state index >= 15 is 0 Å². The molecule has 1 N–H and O–H groups in total. The molecule has 0 amide bonds. The van der Waals surface area contributed by atoms with Gasteiger partial charge in [0.05, 0.1) is 10.7 Å². The number of aromatic nitrogens is 5. The van der Waals surface area contributed by atoms with Crippen molar-refractivity contribution in [1.29, 1.82) is 0 Å². The van der Waals surface area contributed by atoms with Gasteiger partial charge >= 0.3 is 0 Å². The van der Waals surface area contributed by atoms with Crippen LogP contribution >= 0.6 is 22.9 Å². The Balaban J connectivity index is 1.46. The van der Waals surface area contributed by atoms with Crippen molar-refractivity contribution in [2.45, 2.75) is 20.1 Å². The summed E-state index contributed by atoms with van der Waals surface area (Å²) in [5.74, 6) is 0.700. The fourth-order valence-electron chi connectivity index (χ4n) is 3.76. The van der Waals surface area contributed by atoms with Crippen molar-refractivity contribution in [3.05, 3.63) is 82.3 Å². The molecule has 0 saturated carbocycles. The lowest BCUT2D eigenvalue weighted by Gasteiger charge is -2.15. The molecule has 0 radical (unpaired) electrons. The van der Waals surface area contributed by atoms with Gasteiger partial charge in [-0.3, -0.25) is 9.67 Å². The van der Waals surface area contributed by atoms with Crippen LogP contribution in [-0.4, -0.2) is 24.7 Å². The second-order valence-corrected chi connectivity index (χ2v) is 8.84. The van der Waals surface area contributed by atoms with Gasteiger partial charge in [-0.25, -0.2) is 9.97 Å². The largest absolute Gasteiger partial charge is 0.487 e. The topological polar surface area (TPSA) is 77.8 Å². The number of rotatable bonds is 7. The molecule has 0 spiro atoms. The van der Waals surface area contributed by atoms with Crippen molar-refractivity contribution >= 4 is 39.0 Å². The highest BCUT2D eigenvalue weighted by atomic mass is 35.5. The Morgan fingerprint density at radius 3 is 2.88 bits per heavy atom. The highest BCUT2D eigenvalue weighted by Gasteiger charge is 2.15. The van der Waals surface area contributed by atoms with Crippen LogP contribution in [0.1, 0.15) is 16.8 Å². The number of aryl methyl sites for hydroxylation is 2. The summed E-state index contributed by atoms with van der Waals surface area (Å²) >= 11 is 8.05. The molecule has 33 heavy (non-hydrogen) atoms. The lowest BCUT2D eigenvalue weighted by molar-refractivity contribution is 0.308. The van der Waals surface area contributed by atoms with E-state index in [4.69, 9.17) is 21.3 Å². The number of halogens is 1. The van der Waals surface area contributed by atoms with Crippen LogP contribution in [0.4, 0.5) is 5.13 Å². The van der Waals surface area contributed by atoms with E-state index in [0.717, 1.165) is 44.1 Å². The molecule has 0 unspecified atom stereocenters. The number of para-hydroxylation sites is 1. The van der Waals surface area contributed by atoms with E-state index in [0.29, 0.717) is 23.9 Å². The lowest BCUT2D eigenvalue weighted by Crippen LogP contribution is -2.07. The number of ether oxygens (including phenoxy) is 1. The van der Waals surface area contributed by atoms with Crippen molar-refractivity contribution in [3.8, 4) is 17.0 Å². The standard InChI is InChI=1S/C24H21ClN6OS/c1-15-10-18(21-6-7-29-31(21)2)17-4-3-5-22(23(17)30-15)32-14-19-16(11-26-13-20(19)25)12-28-24-27-8-9-33-24/h3-11,13H,12,14H2,1-2H3,(H,27,28). The lowest BCUT2D eigenvalue weighted by atomic mass is 10.0. The number of nitrogens with one attached hydrogen (secondary N) is 1. The van der Waals surface area contributed by atoms with Crippen LogP contribution in [0.2, 0.25) is 5.02 Å². The number of pyridine rings is 2. The number of nitrogens with zero attached hydrogens (tertiary/aromatic N) is 5. The van der Waals surface area contributed by atoms with Crippen LogP contribution in [0.25, 0.3) is 22.2 Å². The fourth-order valence-corrected chi connectivity index (χ4v) is 4.52. The Hall–Kier alpha value is -3.49. The van der Waals surface area contributed by atoms with Crippen molar-refractivity contribution in [1.82, 2.24) is 24.7 Å². The average molecular weight is 477 g/mol. The molecule has 0 saturated heterocycles. The number of anilines is 1. The van der Waals surface area contributed by atoms with E-state index in [1.54, 1.807) is 36.1 Å². The predicted octanol–water partition coefficient (Wildman–Crippen LogP) is 5.64. The molecule has 4 aromatic heterocycles. The molecule has 0 bridgehead atoms. The minimum absolute atomic E-state index is 0.298. The molecular formula is C24H21ClN6OS. The summed E-state index contributed by atoms with van der Waals surface area (Å²) < 4.78 is 8.14. The highest BCUT2D eigenvalue weighted by molar-refractivity contribution is 7.13. The van der Waals surface area contributed by atoms with E-state index in [2.05, 4.69) is 32.5 Å². The third-order valence-corrected chi connectivity index (χ3v) is 6.41. The third-order valence-electron chi connectivity index (χ3n) is 5.36. The smallest absolute Gasteiger partial charge is 0.182 e. The first-order valence-electron chi connectivity index (χ1n) is 10.4. The van der Waals surface area contributed by atoms with E-state index in [1.165, 1.54) is 0 Å². The summed E-state index contributed by atoms with van der Waals surface area (Å²) in [5.41, 5.74) is 5.64. The number of benzene rings is 1. The van der Waals surface area contributed by atoms with Gasteiger partial charge in [-0.05, 0) is 30.7 Å². The molecule has 4 heterocycles. The minimum Gasteiger partial charge on any atom is -0.487 e. The van der Waals surface area contributed by atoms with Crippen molar-refractivity contribution < 1.29 is 4.74 Å². The SMILES string of the molecule is Cc1cc(-c2ccnn2C)c2cccc(OCc3c(Cl)cncc3CNc3nccs3)c2n1.